The number of alkyl halides is 3. The first-order valence-corrected chi connectivity index (χ1v) is 7.24. The van der Waals surface area contributed by atoms with E-state index in [4.69, 9.17) is 15.9 Å². The number of terminal acetylenes is 1. The van der Waals surface area contributed by atoms with Crippen LogP contribution >= 0.6 is 0 Å². The number of carbonyl (C=O) groups is 2. The second-order valence-electron chi connectivity index (χ2n) is 5.28. The highest BCUT2D eigenvalue weighted by Gasteiger charge is 2.38. The van der Waals surface area contributed by atoms with E-state index < -0.39 is 36.8 Å². The zero-order chi connectivity index (χ0) is 18.6. The fourth-order valence-electron chi connectivity index (χ4n) is 2.02. The molecule has 1 saturated heterocycles. The van der Waals surface area contributed by atoms with E-state index in [0.29, 0.717) is 0 Å². The Kier molecular flexibility index (Phi) is 5.54. The number of ether oxygens (including phenoxy) is 2. The zero-order valence-electron chi connectivity index (χ0n) is 13.2. The summed E-state index contributed by atoms with van der Waals surface area (Å²) in [6, 6.07) is 4.09. The van der Waals surface area contributed by atoms with Crippen LogP contribution in [0.5, 0.6) is 0 Å². The molecule has 134 valence electrons. The standard InChI is InChI=1S/C16H15F3N2O4/c1-3-10(2)8-20-14(23)25-15-21(13(22)9-24-15)12-6-4-5-11(7-12)16(17,18)19/h1,4-7,10,15H,8-9H2,2H3,(H,20,23). The quantitative estimate of drug-likeness (QED) is 0.841. The number of carbonyl (C=O) groups excluding carboxylic acids is 2. The number of benzene rings is 1. The first-order chi connectivity index (χ1) is 11.7. The summed E-state index contributed by atoms with van der Waals surface area (Å²) in [6.07, 6.45) is -1.76. The minimum atomic E-state index is -4.57. The van der Waals surface area contributed by atoms with Crippen molar-refractivity contribution in [1.82, 2.24) is 5.32 Å². The van der Waals surface area contributed by atoms with Crippen molar-refractivity contribution < 1.29 is 32.2 Å². The Morgan fingerprint density at radius 2 is 2.28 bits per heavy atom. The molecule has 0 aromatic heterocycles. The molecule has 0 saturated carbocycles. The molecule has 0 spiro atoms. The molecule has 1 aliphatic heterocycles. The minimum absolute atomic E-state index is 0.0906. The average Bonchev–Trinajstić information content (AvgIpc) is 2.92. The van der Waals surface area contributed by atoms with E-state index in [-0.39, 0.29) is 18.2 Å². The number of hydrogen-bond donors (Lipinski definition) is 1. The van der Waals surface area contributed by atoms with Crippen LogP contribution in [0.3, 0.4) is 0 Å². The van der Waals surface area contributed by atoms with Crippen molar-refractivity contribution in [1.29, 1.82) is 0 Å². The largest absolute Gasteiger partial charge is 0.416 e. The van der Waals surface area contributed by atoms with Crippen LogP contribution in [0.2, 0.25) is 0 Å². The Hall–Kier alpha value is -2.73. The normalized spacial score (nSPS) is 18.6. The molecule has 0 bridgehead atoms. The summed E-state index contributed by atoms with van der Waals surface area (Å²) < 4.78 is 48.5. The summed E-state index contributed by atoms with van der Waals surface area (Å²) in [6.45, 7) is 1.42. The molecule has 2 unspecified atom stereocenters. The second kappa shape index (κ2) is 7.44. The molecule has 1 aliphatic rings. The van der Waals surface area contributed by atoms with E-state index in [1.165, 1.54) is 6.07 Å². The number of alkyl carbamates (subject to hydrolysis) is 1. The molecule has 0 radical (unpaired) electrons. The number of nitrogens with zero attached hydrogens (tertiary/aromatic N) is 1. The number of nitrogens with one attached hydrogen (secondary N) is 1. The fourth-order valence-corrected chi connectivity index (χ4v) is 2.02. The molecule has 6 nitrogen and oxygen atoms in total. The zero-order valence-corrected chi connectivity index (χ0v) is 13.2. The maximum Gasteiger partial charge on any atom is 0.416 e. The number of rotatable bonds is 4. The molecule has 1 aromatic rings. The molecular formula is C16H15F3N2O4. The van der Waals surface area contributed by atoms with Crippen molar-refractivity contribution in [3.8, 4) is 12.3 Å². The third-order valence-electron chi connectivity index (χ3n) is 3.33. The molecule has 2 rings (SSSR count). The van der Waals surface area contributed by atoms with Gasteiger partial charge in [0.25, 0.3) is 12.3 Å². The second-order valence-corrected chi connectivity index (χ2v) is 5.28. The van der Waals surface area contributed by atoms with Gasteiger partial charge in [0.15, 0.2) is 0 Å². The van der Waals surface area contributed by atoms with Crippen LogP contribution in [0.1, 0.15) is 12.5 Å². The summed E-state index contributed by atoms with van der Waals surface area (Å²) in [5.74, 6) is 1.54. The van der Waals surface area contributed by atoms with Gasteiger partial charge in [0.05, 0.1) is 11.3 Å². The molecular weight excluding hydrogens is 341 g/mol. The molecule has 2 atom stereocenters. The molecule has 1 heterocycles. The first kappa shape index (κ1) is 18.6. The van der Waals surface area contributed by atoms with Crippen molar-refractivity contribution in [2.75, 3.05) is 18.1 Å². The third kappa shape index (κ3) is 4.64. The van der Waals surface area contributed by atoms with Crippen LogP contribution in [0.15, 0.2) is 24.3 Å². The van der Waals surface area contributed by atoms with E-state index in [1.54, 1.807) is 6.92 Å². The smallest absolute Gasteiger partial charge is 0.399 e. The van der Waals surface area contributed by atoms with E-state index in [1.807, 2.05) is 0 Å². The lowest BCUT2D eigenvalue weighted by atomic mass is 10.2. The Bertz CT molecular complexity index is 699. The Balaban J connectivity index is 2.12. The van der Waals surface area contributed by atoms with Gasteiger partial charge >= 0.3 is 12.3 Å². The lowest BCUT2D eigenvalue weighted by Crippen LogP contribution is -2.40. The van der Waals surface area contributed by atoms with Crippen LogP contribution in [-0.2, 0) is 20.4 Å². The monoisotopic (exact) mass is 356 g/mol. The molecule has 1 N–H and O–H groups in total. The van der Waals surface area contributed by atoms with E-state index in [0.717, 1.165) is 23.1 Å². The topological polar surface area (TPSA) is 67.9 Å². The van der Waals surface area contributed by atoms with Gasteiger partial charge < -0.3 is 14.8 Å². The number of anilines is 1. The lowest BCUT2D eigenvalue weighted by molar-refractivity contribution is -0.137. The van der Waals surface area contributed by atoms with Crippen LogP contribution in [0, 0.1) is 18.3 Å². The highest BCUT2D eigenvalue weighted by atomic mass is 19.4. The highest BCUT2D eigenvalue weighted by Crippen LogP contribution is 2.33. The van der Waals surface area contributed by atoms with Gasteiger partial charge in [0.1, 0.15) is 6.61 Å². The average molecular weight is 356 g/mol. The third-order valence-corrected chi connectivity index (χ3v) is 3.33. The van der Waals surface area contributed by atoms with E-state index in [2.05, 4.69) is 11.2 Å². The summed E-state index contributed by atoms with van der Waals surface area (Å²) in [7, 11) is 0. The summed E-state index contributed by atoms with van der Waals surface area (Å²) in [4.78, 5) is 24.5. The van der Waals surface area contributed by atoms with Crippen molar-refractivity contribution >= 4 is 17.7 Å². The molecule has 25 heavy (non-hydrogen) atoms. The lowest BCUT2D eigenvalue weighted by Gasteiger charge is -2.23. The summed E-state index contributed by atoms with van der Waals surface area (Å²) >= 11 is 0. The maximum atomic E-state index is 12.8. The van der Waals surface area contributed by atoms with E-state index in [9.17, 15) is 22.8 Å². The van der Waals surface area contributed by atoms with Gasteiger partial charge in [0.2, 0.25) is 0 Å². The van der Waals surface area contributed by atoms with E-state index >= 15 is 0 Å². The fraction of sp³-hybridized carbons (Fsp3) is 0.375. The van der Waals surface area contributed by atoms with Crippen molar-refractivity contribution in [3.05, 3.63) is 29.8 Å². The van der Waals surface area contributed by atoms with Crippen molar-refractivity contribution in [2.45, 2.75) is 19.5 Å². The van der Waals surface area contributed by atoms with Crippen LogP contribution in [-0.4, -0.2) is 31.6 Å². The van der Waals surface area contributed by atoms with Crippen LogP contribution in [0.25, 0.3) is 0 Å². The SMILES string of the molecule is C#CC(C)CNC(=O)OC1OCC(=O)N1c1cccc(C(F)(F)F)c1. The highest BCUT2D eigenvalue weighted by molar-refractivity contribution is 5.96. The predicted octanol–water partition coefficient (Wildman–Crippen LogP) is 2.35. The minimum Gasteiger partial charge on any atom is -0.399 e. The molecule has 1 fully saturated rings. The van der Waals surface area contributed by atoms with Gasteiger partial charge in [-0.3, -0.25) is 4.79 Å². The molecule has 2 amide bonds. The van der Waals surface area contributed by atoms with Crippen LogP contribution < -0.4 is 10.2 Å². The molecule has 0 aliphatic carbocycles. The van der Waals surface area contributed by atoms with Crippen molar-refractivity contribution in [2.24, 2.45) is 5.92 Å². The summed E-state index contributed by atoms with van der Waals surface area (Å²) in [5, 5.41) is 2.38. The summed E-state index contributed by atoms with van der Waals surface area (Å²) in [5.41, 5.74) is -1.03. The predicted molar refractivity (Wildman–Crippen MR) is 81.2 cm³/mol. The molecule has 9 heteroatoms. The number of halogens is 3. The van der Waals surface area contributed by atoms with Crippen molar-refractivity contribution in [3.63, 3.8) is 0 Å². The van der Waals surface area contributed by atoms with Gasteiger partial charge in [-0.05, 0) is 25.1 Å². The first-order valence-electron chi connectivity index (χ1n) is 7.24. The van der Waals surface area contributed by atoms with Gasteiger partial charge in [-0.2, -0.15) is 13.2 Å². The Morgan fingerprint density at radius 1 is 1.56 bits per heavy atom. The number of hydrogen-bond acceptors (Lipinski definition) is 4. The van der Waals surface area contributed by atoms with Gasteiger partial charge in [-0.15, -0.1) is 12.3 Å². The Morgan fingerprint density at radius 3 is 2.92 bits per heavy atom. The number of amides is 2. The van der Waals surface area contributed by atoms with Gasteiger partial charge in [0, 0.05) is 12.5 Å². The Labute approximate surface area is 141 Å². The van der Waals surface area contributed by atoms with Gasteiger partial charge in [-0.1, -0.05) is 6.07 Å². The maximum absolute atomic E-state index is 12.8. The van der Waals surface area contributed by atoms with Gasteiger partial charge in [-0.25, -0.2) is 9.69 Å². The molecule has 1 aromatic carbocycles. The van der Waals surface area contributed by atoms with Crippen LogP contribution in [0.4, 0.5) is 23.7 Å².